The van der Waals surface area contributed by atoms with E-state index in [1.165, 1.54) is 24.4 Å². The Hall–Kier alpha value is -4.21. The van der Waals surface area contributed by atoms with Gasteiger partial charge in [-0.25, -0.2) is 9.67 Å². The smallest absolute Gasteiger partial charge is 0.255 e. The van der Waals surface area contributed by atoms with E-state index in [-0.39, 0.29) is 17.7 Å². The van der Waals surface area contributed by atoms with E-state index < -0.39 is 18.0 Å². The number of carbonyl (C=O) groups is 3. The van der Waals surface area contributed by atoms with Crippen LogP contribution in [0.1, 0.15) is 37.2 Å². The second kappa shape index (κ2) is 11.1. The van der Waals surface area contributed by atoms with Crippen molar-refractivity contribution < 1.29 is 19.1 Å². The number of benzene rings is 2. The molecule has 3 rings (SSSR count). The van der Waals surface area contributed by atoms with Crippen molar-refractivity contribution in [2.45, 2.75) is 32.9 Å². The zero-order valence-corrected chi connectivity index (χ0v) is 19.5. The molecule has 0 aliphatic rings. The van der Waals surface area contributed by atoms with E-state index in [0.29, 0.717) is 22.7 Å². The Kier molecular flexibility index (Phi) is 7.96. The molecule has 0 bridgehead atoms. The molecule has 0 aliphatic carbocycles. The van der Waals surface area contributed by atoms with Crippen molar-refractivity contribution in [2.24, 2.45) is 5.92 Å². The Morgan fingerprint density at radius 1 is 0.912 bits per heavy atom. The average molecular weight is 465 g/mol. The molecule has 3 amide bonds. The second-order valence-electron chi connectivity index (χ2n) is 8.00. The summed E-state index contributed by atoms with van der Waals surface area (Å²) in [5.41, 5.74) is 1.45. The van der Waals surface area contributed by atoms with Crippen LogP contribution in [0, 0.1) is 5.92 Å². The van der Waals surface area contributed by atoms with Gasteiger partial charge in [-0.05, 0) is 49.2 Å². The molecule has 2 atom stereocenters. The van der Waals surface area contributed by atoms with Gasteiger partial charge in [-0.3, -0.25) is 14.4 Å². The van der Waals surface area contributed by atoms with E-state index in [9.17, 15) is 14.4 Å². The highest BCUT2D eigenvalue weighted by Crippen LogP contribution is 2.19. The average Bonchev–Trinajstić information content (AvgIpc) is 3.37. The molecule has 2 unspecified atom stereocenters. The van der Waals surface area contributed by atoms with Gasteiger partial charge >= 0.3 is 0 Å². The molecule has 1 heterocycles. The van der Waals surface area contributed by atoms with E-state index in [4.69, 9.17) is 4.74 Å². The fourth-order valence-corrected chi connectivity index (χ4v) is 3.23. The summed E-state index contributed by atoms with van der Waals surface area (Å²) in [5, 5.41) is 12.4. The maximum absolute atomic E-state index is 12.9. The van der Waals surface area contributed by atoms with Gasteiger partial charge in [-0.2, -0.15) is 5.10 Å². The van der Waals surface area contributed by atoms with Crippen LogP contribution < -0.4 is 20.7 Å². The van der Waals surface area contributed by atoms with Crippen molar-refractivity contribution in [3.63, 3.8) is 0 Å². The van der Waals surface area contributed by atoms with Crippen molar-refractivity contribution in [3.8, 4) is 5.75 Å². The fourth-order valence-electron chi connectivity index (χ4n) is 3.23. The summed E-state index contributed by atoms with van der Waals surface area (Å²) >= 11 is 0. The van der Waals surface area contributed by atoms with Crippen molar-refractivity contribution in [3.05, 3.63) is 66.7 Å². The summed E-state index contributed by atoms with van der Waals surface area (Å²) in [6, 6.07) is 12.2. The first-order valence-corrected chi connectivity index (χ1v) is 10.8. The third-order valence-electron chi connectivity index (χ3n) is 5.22. The van der Waals surface area contributed by atoms with Crippen molar-refractivity contribution in [1.29, 1.82) is 0 Å². The van der Waals surface area contributed by atoms with E-state index in [0.717, 1.165) is 0 Å². The molecule has 10 nitrogen and oxygen atoms in total. The molecule has 34 heavy (non-hydrogen) atoms. The molecule has 0 radical (unpaired) electrons. The first kappa shape index (κ1) is 24.4. The number of carbonyl (C=O) groups excluding carboxylic acids is 3. The Morgan fingerprint density at radius 2 is 1.53 bits per heavy atom. The molecular formula is C24H28N6O4. The van der Waals surface area contributed by atoms with Crippen LogP contribution in [-0.4, -0.2) is 45.6 Å². The van der Waals surface area contributed by atoms with Crippen LogP contribution >= 0.6 is 0 Å². The number of para-hydroxylation sites is 1. The predicted molar refractivity (Wildman–Crippen MR) is 128 cm³/mol. The Morgan fingerprint density at radius 3 is 2.09 bits per heavy atom. The first-order chi connectivity index (χ1) is 16.3. The highest BCUT2D eigenvalue weighted by molar-refractivity contribution is 6.02. The molecule has 1 aromatic heterocycles. The topological polar surface area (TPSA) is 127 Å². The van der Waals surface area contributed by atoms with Gasteiger partial charge in [0, 0.05) is 11.4 Å². The SMILES string of the molecule is COc1ccccc1C(=O)NC(C(=O)Nc1ccc(NC(=O)C(C)n2cncn2)cc1)C(C)C. The summed E-state index contributed by atoms with van der Waals surface area (Å²) in [6.07, 6.45) is 2.84. The molecule has 0 spiro atoms. The monoisotopic (exact) mass is 464 g/mol. The predicted octanol–water partition coefficient (Wildman–Crippen LogP) is 2.88. The van der Waals surface area contributed by atoms with E-state index in [1.807, 2.05) is 13.8 Å². The standard InChI is InChI=1S/C24H28N6O4/c1-15(2)21(29-23(32)19-7-5-6-8-20(19)34-4)24(33)28-18-11-9-17(10-12-18)27-22(31)16(3)30-14-25-13-26-30/h5-16,21H,1-4H3,(H,27,31)(H,28,33)(H,29,32). The zero-order chi connectivity index (χ0) is 24.7. The van der Waals surface area contributed by atoms with Crippen molar-refractivity contribution in [1.82, 2.24) is 20.1 Å². The number of hydrogen-bond donors (Lipinski definition) is 3. The number of ether oxygens (including phenoxy) is 1. The van der Waals surface area contributed by atoms with Crippen LogP contribution in [0.5, 0.6) is 5.75 Å². The van der Waals surface area contributed by atoms with Crippen LogP contribution in [0.4, 0.5) is 11.4 Å². The van der Waals surface area contributed by atoms with Gasteiger partial charge in [0.1, 0.15) is 30.5 Å². The normalized spacial score (nSPS) is 12.5. The minimum absolute atomic E-state index is 0.157. The van der Waals surface area contributed by atoms with Crippen LogP contribution in [0.25, 0.3) is 0 Å². The molecule has 3 aromatic rings. The highest BCUT2D eigenvalue weighted by atomic mass is 16.5. The molecular weight excluding hydrogens is 436 g/mol. The molecule has 10 heteroatoms. The number of rotatable bonds is 9. The van der Waals surface area contributed by atoms with Crippen molar-refractivity contribution in [2.75, 3.05) is 17.7 Å². The lowest BCUT2D eigenvalue weighted by Crippen LogP contribution is -2.47. The van der Waals surface area contributed by atoms with Crippen LogP contribution in [0.15, 0.2) is 61.2 Å². The molecule has 0 saturated carbocycles. The van der Waals surface area contributed by atoms with Crippen molar-refractivity contribution >= 4 is 29.1 Å². The van der Waals surface area contributed by atoms with E-state index >= 15 is 0 Å². The molecule has 2 aromatic carbocycles. The van der Waals surface area contributed by atoms with E-state index in [2.05, 4.69) is 26.0 Å². The van der Waals surface area contributed by atoms with E-state index in [1.54, 1.807) is 55.5 Å². The molecule has 0 saturated heterocycles. The quantitative estimate of drug-likeness (QED) is 0.447. The summed E-state index contributed by atoms with van der Waals surface area (Å²) in [6.45, 7) is 5.41. The Labute approximate surface area is 197 Å². The van der Waals surface area contributed by atoms with Gasteiger partial charge in [0.05, 0.1) is 12.7 Å². The number of anilines is 2. The summed E-state index contributed by atoms with van der Waals surface area (Å²) in [4.78, 5) is 41.9. The Balaban J connectivity index is 1.62. The maximum atomic E-state index is 12.9. The number of amides is 3. The minimum Gasteiger partial charge on any atom is -0.496 e. The van der Waals surface area contributed by atoms with Gasteiger partial charge < -0.3 is 20.7 Å². The number of nitrogens with zero attached hydrogens (tertiary/aromatic N) is 3. The minimum atomic E-state index is -0.764. The fraction of sp³-hybridized carbons (Fsp3) is 0.292. The molecule has 0 aliphatic heterocycles. The second-order valence-corrected chi connectivity index (χ2v) is 8.00. The van der Waals surface area contributed by atoms with Gasteiger partial charge in [0.2, 0.25) is 11.8 Å². The lowest BCUT2D eigenvalue weighted by Gasteiger charge is -2.22. The van der Waals surface area contributed by atoms with Crippen LogP contribution in [-0.2, 0) is 9.59 Å². The molecule has 0 fully saturated rings. The first-order valence-electron chi connectivity index (χ1n) is 10.8. The zero-order valence-electron chi connectivity index (χ0n) is 19.5. The number of methoxy groups -OCH3 is 1. The largest absolute Gasteiger partial charge is 0.496 e. The van der Waals surface area contributed by atoms with Gasteiger partial charge in [0.15, 0.2) is 0 Å². The lowest BCUT2D eigenvalue weighted by atomic mass is 10.0. The van der Waals surface area contributed by atoms with Gasteiger partial charge in [0.25, 0.3) is 5.91 Å². The van der Waals surface area contributed by atoms with Crippen LogP contribution in [0.2, 0.25) is 0 Å². The van der Waals surface area contributed by atoms with Gasteiger partial charge in [-0.1, -0.05) is 26.0 Å². The van der Waals surface area contributed by atoms with Gasteiger partial charge in [-0.15, -0.1) is 0 Å². The van der Waals surface area contributed by atoms with Crippen LogP contribution in [0.3, 0.4) is 0 Å². The summed E-state index contributed by atoms with van der Waals surface area (Å²) in [5.74, 6) is -0.726. The molecule has 3 N–H and O–H groups in total. The maximum Gasteiger partial charge on any atom is 0.255 e. The lowest BCUT2D eigenvalue weighted by molar-refractivity contribution is -0.119. The number of nitrogens with one attached hydrogen (secondary N) is 3. The number of aromatic nitrogens is 3. The Bertz CT molecular complexity index is 1130. The third-order valence-corrected chi connectivity index (χ3v) is 5.22. The third kappa shape index (κ3) is 5.97. The molecule has 178 valence electrons. The number of hydrogen-bond acceptors (Lipinski definition) is 6. The highest BCUT2D eigenvalue weighted by Gasteiger charge is 2.26. The summed E-state index contributed by atoms with van der Waals surface area (Å²) in [7, 11) is 1.49. The summed E-state index contributed by atoms with van der Waals surface area (Å²) < 4.78 is 6.69.